The maximum atomic E-state index is 11.3. The van der Waals surface area contributed by atoms with Crippen LogP contribution in [0.2, 0.25) is 0 Å². The second-order valence-corrected chi connectivity index (χ2v) is 2.51. The van der Waals surface area contributed by atoms with Gasteiger partial charge in [-0.15, -0.1) is 0 Å². The van der Waals surface area contributed by atoms with Crippen LogP contribution >= 0.6 is 0 Å². The molecule has 1 unspecified atom stereocenters. The molecule has 4 nitrogen and oxygen atoms in total. The van der Waals surface area contributed by atoms with Gasteiger partial charge in [0.15, 0.2) is 0 Å². The van der Waals surface area contributed by atoms with E-state index >= 15 is 0 Å². The maximum Gasteiger partial charge on any atom is 0.225 e. The summed E-state index contributed by atoms with van der Waals surface area (Å²) < 4.78 is 0. The Labute approximate surface area is 72.9 Å². The molecule has 0 spiro atoms. The van der Waals surface area contributed by atoms with Crippen molar-refractivity contribution in [1.29, 1.82) is 5.26 Å². The van der Waals surface area contributed by atoms with Crippen LogP contribution in [-0.2, 0) is 4.79 Å². The summed E-state index contributed by atoms with van der Waals surface area (Å²) in [5, 5.41) is 8.37. The Morgan fingerprint density at radius 3 is 2.42 bits per heavy atom. The van der Waals surface area contributed by atoms with Crippen LogP contribution in [0.15, 0.2) is 0 Å². The summed E-state index contributed by atoms with van der Waals surface area (Å²) in [5.41, 5.74) is 5.31. The molecular formula is C8H15N3O. The third-order valence-electron chi connectivity index (χ3n) is 1.68. The highest BCUT2D eigenvalue weighted by Gasteiger charge is 2.12. The first-order valence-electron chi connectivity index (χ1n) is 4.08. The highest BCUT2D eigenvalue weighted by atomic mass is 16.2. The molecule has 0 rings (SSSR count). The third kappa shape index (κ3) is 3.35. The Kier molecular flexibility index (Phi) is 5.06. The zero-order valence-electron chi connectivity index (χ0n) is 7.58. The molecule has 0 aromatic rings. The van der Waals surface area contributed by atoms with Gasteiger partial charge in [-0.25, -0.2) is 0 Å². The Balaban J connectivity index is 3.94. The lowest BCUT2D eigenvalue weighted by Gasteiger charge is -2.18. The smallest absolute Gasteiger partial charge is 0.225 e. The number of nitrogens with two attached hydrogens (primary N) is 1. The van der Waals surface area contributed by atoms with E-state index < -0.39 is 6.04 Å². The number of amides is 1. The minimum absolute atomic E-state index is 0.0472. The highest BCUT2D eigenvalue weighted by Crippen LogP contribution is 1.95. The fourth-order valence-electron chi connectivity index (χ4n) is 0.939. The molecule has 0 bridgehead atoms. The molecule has 0 aromatic heterocycles. The number of nitrogens with zero attached hydrogens (tertiary/aromatic N) is 2. The van der Waals surface area contributed by atoms with E-state index in [-0.39, 0.29) is 12.3 Å². The van der Waals surface area contributed by atoms with Gasteiger partial charge >= 0.3 is 0 Å². The van der Waals surface area contributed by atoms with Crippen LogP contribution in [-0.4, -0.2) is 29.9 Å². The summed E-state index contributed by atoms with van der Waals surface area (Å²) in [4.78, 5) is 12.9. The van der Waals surface area contributed by atoms with Crippen molar-refractivity contribution in [2.45, 2.75) is 26.3 Å². The lowest BCUT2D eigenvalue weighted by Crippen LogP contribution is -2.35. The van der Waals surface area contributed by atoms with Gasteiger partial charge in [0.1, 0.15) is 6.04 Å². The summed E-state index contributed by atoms with van der Waals surface area (Å²) in [6, 6.07) is 1.16. The minimum Gasteiger partial charge on any atom is -0.343 e. The van der Waals surface area contributed by atoms with Crippen molar-refractivity contribution >= 4 is 5.91 Å². The molecular weight excluding hydrogens is 154 g/mol. The molecule has 0 heterocycles. The van der Waals surface area contributed by atoms with E-state index in [0.29, 0.717) is 13.1 Å². The standard InChI is InChI=1S/C8H15N3O/c1-3-11(4-2)8(12)5-7(10)6-9/h7H,3-5,10H2,1-2H3. The summed E-state index contributed by atoms with van der Waals surface area (Å²) in [6.45, 7) is 5.15. The summed E-state index contributed by atoms with van der Waals surface area (Å²) in [7, 11) is 0. The topological polar surface area (TPSA) is 70.1 Å². The van der Waals surface area contributed by atoms with Crippen molar-refractivity contribution in [3.8, 4) is 6.07 Å². The molecule has 0 aliphatic rings. The van der Waals surface area contributed by atoms with E-state index in [1.807, 2.05) is 19.9 Å². The van der Waals surface area contributed by atoms with Gasteiger partial charge in [0.25, 0.3) is 0 Å². The molecule has 12 heavy (non-hydrogen) atoms. The zero-order valence-corrected chi connectivity index (χ0v) is 7.58. The van der Waals surface area contributed by atoms with Crippen LogP contribution < -0.4 is 5.73 Å². The Morgan fingerprint density at radius 1 is 1.58 bits per heavy atom. The average molecular weight is 169 g/mol. The van der Waals surface area contributed by atoms with E-state index in [4.69, 9.17) is 11.0 Å². The summed E-state index contributed by atoms with van der Waals surface area (Å²) >= 11 is 0. The molecule has 0 saturated heterocycles. The second kappa shape index (κ2) is 5.56. The van der Waals surface area contributed by atoms with Crippen molar-refractivity contribution in [3.05, 3.63) is 0 Å². The molecule has 0 aromatic carbocycles. The first-order valence-corrected chi connectivity index (χ1v) is 4.08. The average Bonchev–Trinajstić information content (AvgIpc) is 2.06. The molecule has 4 heteroatoms. The largest absolute Gasteiger partial charge is 0.343 e. The van der Waals surface area contributed by atoms with E-state index in [1.165, 1.54) is 0 Å². The van der Waals surface area contributed by atoms with Crippen molar-refractivity contribution in [2.24, 2.45) is 5.73 Å². The van der Waals surface area contributed by atoms with Crippen LogP contribution in [0.1, 0.15) is 20.3 Å². The number of rotatable bonds is 4. The van der Waals surface area contributed by atoms with Crippen molar-refractivity contribution in [1.82, 2.24) is 4.90 Å². The maximum absolute atomic E-state index is 11.3. The van der Waals surface area contributed by atoms with E-state index in [9.17, 15) is 4.79 Å². The number of carbonyl (C=O) groups excluding carboxylic acids is 1. The Morgan fingerprint density at radius 2 is 2.08 bits per heavy atom. The minimum atomic E-state index is -0.668. The predicted octanol–water partition coefficient (Wildman–Crippen LogP) is 0.0958. The van der Waals surface area contributed by atoms with Crippen LogP contribution in [0.25, 0.3) is 0 Å². The molecule has 68 valence electrons. The molecule has 0 aliphatic carbocycles. The van der Waals surface area contributed by atoms with Crippen LogP contribution in [0.5, 0.6) is 0 Å². The van der Waals surface area contributed by atoms with E-state index in [2.05, 4.69) is 0 Å². The van der Waals surface area contributed by atoms with Gasteiger partial charge in [0, 0.05) is 13.1 Å². The number of hydrogen-bond donors (Lipinski definition) is 1. The second-order valence-electron chi connectivity index (χ2n) is 2.51. The van der Waals surface area contributed by atoms with Gasteiger partial charge in [-0.3, -0.25) is 4.79 Å². The Hall–Kier alpha value is -1.08. The van der Waals surface area contributed by atoms with E-state index in [0.717, 1.165) is 0 Å². The molecule has 0 fully saturated rings. The van der Waals surface area contributed by atoms with E-state index in [1.54, 1.807) is 4.90 Å². The normalized spacial score (nSPS) is 11.8. The predicted molar refractivity (Wildman–Crippen MR) is 46.1 cm³/mol. The quantitative estimate of drug-likeness (QED) is 0.648. The molecule has 1 amide bonds. The molecule has 1 atom stereocenters. The zero-order chi connectivity index (χ0) is 9.56. The molecule has 0 aliphatic heterocycles. The molecule has 0 saturated carbocycles. The molecule has 0 radical (unpaired) electrons. The van der Waals surface area contributed by atoms with Crippen molar-refractivity contribution in [3.63, 3.8) is 0 Å². The summed E-state index contributed by atoms with van der Waals surface area (Å²) in [5.74, 6) is -0.0472. The highest BCUT2D eigenvalue weighted by molar-refractivity contribution is 5.77. The van der Waals surface area contributed by atoms with Gasteiger partial charge in [0.05, 0.1) is 12.5 Å². The van der Waals surface area contributed by atoms with Crippen LogP contribution in [0.3, 0.4) is 0 Å². The van der Waals surface area contributed by atoms with Crippen molar-refractivity contribution < 1.29 is 4.79 Å². The number of nitriles is 1. The van der Waals surface area contributed by atoms with Gasteiger partial charge in [-0.05, 0) is 13.8 Å². The number of carbonyl (C=O) groups is 1. The lowest BCUT2D eigenvalue weighted by molar-refractivity contribution is -0.130. The SMILES string of the molecule is CCN(CC)C(=O)CC(N)C#N. The fourth-order valence-corrected chi connectivity index (χ4v) is 0.939. The van der Waals surface area contributed by atoms with Gasteiger partial charge < -0.3 is 10.6 Å². The van der Waals surface area contributed by atoms with Gasteiger partial charge in [-0.2, -0.15) is 5.26 Å². The Bertz CT molecular complexity index is 181. The lowest BCUT2D eigenvalue weighted by atomic mass is 10.2. The number of hydrogen-bond acceptors (Lipinski definition) is 3. The van der Waals surface area contributed by atoms with Crippen LogP contribution in [0.4, 0.5) is 0 Å². The van der Waals surface area contributed by atoms with Gasteiger partial charge in [-0.1, -0.05) is 0 Å². The fraction of sp³-hybridized carbons (Fsp3) is 0.750. The van der Waals surface area contributed by atoms with Crippen LogP contribution in [0, 0.1) is 11.3 Å². The molecule has 2 N–H and O–H groups in total. The first kappa shape index (κ1) is 10.9. The van der Waals surface area contributed by atoms with Gasteiger partial charge in [0.2, 0.25) is 5.91 Å². The monoisotopic (exact) mass is 169 g/mol. The summed E-state index contributed by atoms with van der Waals surface area (Å²) in [6.07, 6.45) is 0.123. The third-order valence-corrected chi connectivity index (χ3v) is 1.68. The van der Waals surface area contributed by atoms with Crippen molar-refractivity contribution in [2.75, 3.05) is 13.1 Å². The first-order chi connectivity index (χ1) is 5.65.